The first kappa shape index (κ1) is 15.7. The second-order valence-electron chi connectivity index (χ2n) is 5.19. The van der Waals surface area contributed by atoms with Crippen molar-refractivity contribution in [1.82, 2.24) is 0 Å². The minimum atomic E-state index is -3.98. The molecule has 0 amide bonds. The standard InChI is InChI=1S/C12H17N3O5S/c13-21(19,20)10-3-4-11(12(6-10)15(17)18)14-7-8-1-2-9(16)5-8/h3-4,6,8-9,14,16H,1-2,5,7H2,(H2,13,19,20)/t8-,9-/m0/s1. The summed E-state index contributed by atoms with van der Waals surface area (Å²) in [6.07, 6.45) is 1.95. The molecular formula is C12H17N3O5S. The Kier molecular flexibility index (Phi) is 4.45. The summed E-state index contributed by atoms with van der Waals surface area (Å²) in [6, 6.07) is 3.51. The van der Waals surface area contributed by atoms with Crippen LogP contribution in [-0.2, 0) is 10.0 Å². The van der Waals surface area contributed by atoms with Crippen molar-refractivity contribution in [3.63, 3.8) is 0 Å². The Morgan fingerprint density at radius 1 is 1.43 bits per heavy atom. The summed E-state index contributed by atoms with van der Waals surface area (Å²) in [5, 5.41) is 28.4. The number of nitrogens with one attached hydrogen (secondary N) is 1. The van der Waals surface area contributed by atoms with Crippen LogP contribution in [0.3, 0.4) is 0 Å². The van der Waals surface area contributed by atoms with E-state index in [2.05, 4.69) is 5.32 Å². The number of primary sulfonamides is 1. The molecule has 1 saturated carbocycles. The molecule has 0 aliphatic heterocycles. The van der Waals surface area contributed by atoms with Crippen LogP contribution in [0.5, 0.6) is 0 Å². The highest BCUT2D eigenvalue weighted by atomic mass is 32.2. The maximum atomic E-state index is 11.2. The Morgan fingerprint density at radius 2 is 2.14 bits per heavy atom. The van der Waals surface area contributed by atoms with Gasteiger partial charge in [0.1, 0.15) is 5.69 Å². The second-order valence-corrected chi connectivity index (χ2v) is 6.76. The molecule has 1 aliphatic carbocycles. The summed E-state index contributed by atoms with van der Waals surface area (Å²) >= 11 is 0. The predicted octanol–water partition coefficient (Wildman–Crippen LogP) is 0.815. The van der Waals surface area contributed by atoms with Crippen LogP contribution in [0.2, 0.25) is 0 Å². The molecule has 116 valence electrons. The van der Waals surface area contributed by atoms with Crippen LogP contribution in [0.15, 0.2) is 23.1 Å². The number of hydrogen-bond acceptors (Lipinski definition) is 6. The van der Waals surface area contributed by atoms with Crippen molar-refractivity contribution in [1.29, 1.82) is 0 Å². The second kappa shape index (κ2) is 5.96. The van der Waals surface area contributed by atoms with Crippen molar-refractivity contribution in [3.8, 4) is 0 Å². The van der Waals surface area contributed by atoms with Crippen molar-refractivity contribution < 1.29 is 18.4 Å². The average molecular weight is 315 g/mol. The summed E-state index contributed by atoms with van der Waals surface area (Å²) in [6.45, 7) is 0.493. The number of rotatable bonds is 5. The molecule has 2 rings (SSSR count). The largest absolute Gasteiger partial charge is 0.393 e. The zero-order valence-corrected chi connectivity index (χ0v) is 12.0. The van der Waals surface area contributed by atoms with Crippen LogP contribution in [0.1, 0.15) is 19.3 Å². The molecule has 0 spiro atoms. The number of nitro benzene ring substituents is 1. The van der Waals surface area contributed by atoms with Gasteiger partial charge < -0.3 is 10.4 Å². The topological polar surface area (TPSA) is 136 Å². The minimum Gasteiger partial charge on any atom is -0.393 e. The van der Waals surface area contributed by atoms with E-state index in [0.717, 1.165) is 18.9 Å². The SMILES string of the molecule is NS(=O)(=O)c1ccc(NC[C@H]2CC[C@H](O)C2)c([N+](=O)[O-])c1. The summed E-state index contributed by atoms with van der Waals surface area (Å²) in [7, 11) is -3.98. The van der Waals surface area contributed by atoms with E-state index in [1.54, 1.807) is 0 Å². The molecule has 0 radical (unpaired) electrons. The number of anilines is 1. The molecule has 2 atom stereocenters. The van der Waals surface area contributed by atoms with Crippen molar-refractivity contribution >= 4 is 21.4 Å². The van der Waals surface area contributed by atoms with Gasteiger partial charge in [-0.15, -0.1) is 0 Å². The molecule has 9 heteroatoms. The van der Waals surface area contributed by atoms with Gasteiger partial charge in [-0.2, -0.15) is 0 Å². The summed E-state index contributed by atoms with van der Waals surface area (Å²) in [5.74, 6) is 0.248. The molecular weight excluding hydrogens is 298 g/mol. The molecule has 0 unspecified atom stereocenters. The Balaban J connectivity index is 2.17. The monoisotopic (exact) mass is 315 g/mol. The van der Waals surface area contributed by atoms with Crippen LogP contribution in [-0.4, -0.2) is 31.1 Å². The van der Waals surface area contributed by atoms with E-state index in [4.69, 9.17) is 5.14 Å². The van der Waals surface area contributed by atoms with Gasteiger partial charge in [0, 0.05) is 12.6 Å². The highest BCUT2D eigenvalue weighted by molar-refractivity contribution is 7.89. The molecule has 4 N–H and O–H groups in total. The van der Waals surface area contributed by atoms with E-state index < -0.39 is 14.9 Å². The third-order valence-corrected chi connectivity index (χ3v) is 4.50. The van der Waals surface area contributed by atoms with Gasteiger partial charge in [-0.05, 0) is 37.3 Å². The molecule has 8 nitrogen and oxygen atoms in total. The molecule has 21 heavy (non-hydrogen) atoms. The lowest BCUT2D eigenvalue weighted by Crippen LogP contribution is -2.15. The van der Waals surface area contributed by atoms with E-state index in [9.17, 15) is 23.6 Å². The van der Waals surface area contributed by atoms with E-state index in [0.29, 0.717) is 13.0 Å². The van der Waals surface area contributed by atoms with Crippen LogP contribution in [0.4, 0.5) is 11.4 Å². The van der Waals surface area contributed by atoms with E-state index in [1.807, 2.05) is 0 Å². The maximum Gasteiger partial charge on any atom is 0.293 e. The fourth-order valence-electron chi connectivity index (χ4n) is 2.48. The zero-order valence-electron chi connectivity index (χ0n) is 11.2. The number of nitrogens with two attached hydrogens (primary N) is 1. The summed E-state index contributed by atoms with van der Waals surface area (Å²) < 4.78 is 22.5. The first-order valence-electron chi connectivity index (χ1n) is 6.50. The number of aliphatic hydroxyl groups is 1. The third-order valence-electron chi connectivity index (χ3n) is 3.59. The molecule has 0 heterocycles. The van der Waals surface area contributed by atoms with Crippen molar-refractivity contribution in [2.45, 2.75) is 30.3 Å². The Bertz CT molecular complexity index is 646. The fourth-order valence-corrected chi connectivity index (χ4v) is 3.01. The van der Waals surface area contributed by atoms with Crippen LogP contribution < -0.4 is 10.5 Å². The van der Waals surface area contributed by atoms with Gasteiger partial charge in [0.25, 0.3) is 5.69 Å². The van der Waals surface area contributed by atoms with Gasteiger partial charge in [-0.1, -0.05) is 0 Å². The first-order chi connectivity index (χ1) is 9.77. The molecule has 1 aromatic rings. The lowest BCUT2D eigenvalue weighted by Gasteiger charge is -2.12. The Morgan fingerprint density at radius 3 is 2.67 bits per heavy atom. The van der Waals surface area contributed by atoms with Gasteiger partial charge in [0.05, 0.1) is 15.9 Å². The van der Waals surface area contributed by atoms with E-state index in [-0.39, 0.29) is 28.3 Å². The van der Waals surface area contributed by atoms with E-state index >= 15 is 0 Å². The number of sulfonamides is 1. The smallest absolute Gasteiger partial charge is 0.293 e. The fraction of sp³-hybridized carbons (Fsp3) is 0.500. The normalized spacial score (nSPS) is 22.2. The number of hydrogen-bond donors (Lipinski definition) is 3. The lowest BCUT2D eigenvalue weighted by molar-refractivity contribution is -0.384. The summed E-state index contributed by atoms with van der Waals surface area (Å²) in [4.78, 5) is 10.1. The van der Waals surface area contributed by atoms with Crippen molar-refractivity contribution in [2.24, 2.45) is 11.1 Å². The molecule has 0 aromatic heterocycles. The predicted molar refractivity (Wildman–Crippen MR) is 76.3 cm³/mol. The van der Waals surface area contributed by atoms with Gasteiger partial charge in [0.2, 0.25) is 10.0 Å². The van der Waals surface area contributed by atoms with Crippen LogP contribution in [0, 0.1) is 16.0 Å². The van der Waals surface area contributed by atoms with Crippen LogP contribution >= 0.6 is 0 Å². The number of nitro groups is 1. The van der Waals surface area contributed by atoms with Gasteiger partial charge in [-0.3, -0.25) is 10.1 Å². The Labute approximate surface area is 122 Å². The zero-order chi connectivity index (χ0) is 15.6. The molecule has 1 aliphatic rings. The number of nitrogens with zero attached hydrogens (tertiary/aromatic N) is 1. The third kappa shape index (κ3) is 3.90. The minimum absolute atomic E-state index is 0.244. The quantitative estimate of drug-likeness (QED) is 0.543. The number of benzene rings is 1. The van der Waals surface area contributed by atoms with Gasteiger partial charge in [0.15, 0.2) is 0 Å². The van der Waals surface area contributed by atoms with E-state index in [1.165, 1.54) is 12.1 Å². The Hall–Kier alpha value is -1.71. The molecule has 0 saturated heterocycles. The first-order valence-corrected chi connectivity index (χ1v) is 8.05. The number of aliphatic hydroxyl groups excluding tert-OH is 1. The molecule has 1 fully saturated rings. The van der Waals surface area contributed by atoms with Crippen molar-refractivity contribution in [2.75, 3.05) is 11.9 Å². The highest BCUT2D eigenvalue weighted by Gasteiger charge is 2.24. The highest BCUT2D eigenvalue weighted by Crippen LogP contribution is 2.30. The van der Waals surface area contributed by atoms with Crippen LogP contribution in [0.25, 0.3) is 0 Å². The maximum absolute atomic E-state index is 11.2. The van der Waals surface area contributed by atoms with Gasteiger partial charge in [-0.25, -0.2) is 13.6 Å². The van der Waals surface area contributed by atoms with Crippen molar-refractivity contribution in [3.05, 3.63) is 28.3 Å². The molecule has 1 aromatic carbocycles. The molecule has 0 bridgehead atoms. The summed E-state index contributed by atoms with van der Waals surface area (Å²) in [5.41, 5.74) is -0.0890. The lowest BCUT2D eigenvalue weighted by atomic mass is 10.1. The average Bonchev–Trinajstić information content (AvgIpc) is 2.80. The van der Waals surface area contributed by atoms with Gasteiger partial charge >= 0.3 is 0 Å².